The molecular formula is C21H21NO3. The van der Waals surface area contributed by atoms with Gasteiger partial charge in [-0.05, 0) is 42.2 Å². The van der Waals surface area contributed by atoms with Crippen LogP contribution in [0.1, 0.15) is 23.1 Å². The summed E-state index contributed by atoms with van der Waals surface area (Å²) >= 11 is 0. The van der Waals surface area contributed by atoms with Gasteiger partial charge in [-0.15, -0.1) is 0 Å². The van der Waals surface area contributed by atoms with Crippen molar-refractivity contribution in [2.24, 2.45) is 0 Å². The summed E-state index contributed by atoms with van der Waals surface area (Å²) in [6, 6.07) is 15.9. The summed E-state index contributed by atoms with van der Waals surface area (Å²) in [5.41, 5.74) is 4.02. The first kappa shape index (κ1) is 15.9. The summed E-state index contributed by atoms with van der Waals surface area (Å²) in [4.78, 5) is 15.5. The number of pyridine rings is 1. The van der Waals surface area contributed by atoms with Gasteiger partial charge in [0.15, 0.2) is 0 Å². The molecule has 4 nitrogen and oxygen atoms in total. The number of ether oxygens (including phenoxy) is 2. The van der Waals surface area contributed by atoms with Gasteiger partial charge in [-0.1, -0.05) is 30.3 Å². The van der Waals surface area contributed by atoms with Crippen LogP contribution in [0.4, 0.5) is 0 Å². The number of aromatic nitrogens is 1. The topological polar surface area (TPSA) is 51.3 Å². The number of benzene rings is 2. The highest BCUT2D eigenvalue weighted by Crippen LogP contribution is 2.29. The van der Waals surface area contributed by atoms with E-state index in [0.29, 0.717) is 13.0 Å². The molecule has 1 heterocycles. The van der Waals surface area contributed by atoms with E-state index >= 15 is 0 Å². The van der Waals surface area contributed by atoms with Crippen molar-refractivity contribution in [1.29, 1.82) is 0 Å². The van der Waals surface area contributed by atoms with Crippen LogP contribution in [0, 0.1) is 0 Å². The Kier molecular flexibility index (Phi) is 4.28. The Morgan fingerprint density at radius 1 is 1.12 bits per heavy atom. The van der Waals surface area contributed by atoms with Gasteiger partial charge in [-0.25, -0.2) is 0 Å². The summed E-state index contributed by atoms with van der Waals surface area (Å²) in [5.74, 6) is 0.809. The van der Waals surface area contributed by atoms with E-state index in [9.17, 15) is 4.79 Å². The number of fused-ring (bicyclic) bond motifs is 3. The smallest absolute Gasteiger partial charge is 0.251 e. The molecule has 25 heavy (non-hydrogen) atoms. The van der Waals surface area contributed by atoms with Crippen LogP contribution in [0.2, 0.25) is 0 Å². The monoisotopic (exact) mass is 335 g/mol. The second-order valence-electron chi connectivity index (χ2n) is 6.48. The Morgan fingerprint density at radius 2 is 1.96 bits per heavy atom. The summed E-state index contributed by atoms with van der Waals surface area (Å²) in [6.45, 7) is 0.583. The van der Waals surface area contributed by atoms with E-state index in [1.807, 2.05) is 36.4 Å². The van der Waals surface area contributed by atoms with Gasteiger partial charge in [0, 0.05) is 22.9 Å². The second-order valence-corrected chi connectivity index (χ2v) is 6.48. The van der Waals surface area contributed by atoms with Crippen LogP contribution in [0.3, 0.4) is 0 Å². The number of rotatable bonds is 4. The molecule has 0 fully saturated rings. The molecule has 1 aliphatic carbocycles. The quantitative estimate of drug-likeness (QED) is 0.792. The maximum absolute atomic E-state index is 12.5. The first-order valence-electron chi connectivity index (χ1n) is 8.62. The van der Waals surface area contributed by atoms with E-state index in [0.717, 1.165) is 46.2 Å². The zero-order valence-corrected chi connectivity index (χ0v) is 14.2. The molecule has 4 rings (SSSR count). The Balaban J connectivity index is 1.60. The van der Waals surface area contributed by atoms with Crippen molar-refractivity contribution in [3.63, 3.8) is 0 Å². The SMILES string of the molecule is COc1ccc2[nH]c(=O)c3c(c2c1)CCC(OCc1ccccc1)C3. The molecule has 2 aromatic carbocycles. The number of H-pyrrole nitrogens is 1. The van der Waals surface area contributed by atoms with Crippen molar-refractivity contribution in [2.45, 2.75) is 32.0 Å². The normalized spacial score (nSPS) is 16.6. The van der Waals surface area contributed by atoms with E-state index < -0.39 is 0 Å². The third-order valence-electron chi connectivity index (χ3n) is 4.92. The maximum atomic E-state index is 12.5. The highest BCUT2D eigenvalue weighted by molar-refractivity contribution is 5.84. The van der Waals surface area contributed by atoms with Crippen LogP contribution in [0.25, 0.3) is 10.9 Å². The van der Waals surface area contributed by atoms with Crippen LogP contribution in [0.5, 0.6) is 5.75 Å². The van der Waals surface area contributed by atoms with Gasteiger partial charge in [-0.2, -0.15) is 0 Å². The Morgan fingerprint density at radius 3 is 2.76 bits per heavy atom. The van der Waals surface area contributed by atoms with Gasteiger partial charge in [0.05, 0.1) is 19.8 Å². The van der Waals surface area contributed by atoms with Gasteiger partial charge >= 0.3 is 0 Å². The third-order valence-corrected chi connectivity index (χ3v) is 4.92. The molecule has 1 atom stereocenters. The molecule has 0 saturated carbocycles. The fraction of sp³-hybridized carbons (Fsp3) is 0.286. The zero-order chi connectivity index (χ0) is 17.2. The minimum absolute atomic E-state index is 0.000628. The number of hydrogen-bond acceptors (Lipinski definition) is 3. The number of aryl methyl sites for hydroxylation is 1. The van der Waals surface area contributed by atoms with Crippen molar-refractivity contribution in [1.82, 2.24) is 4.98 Å². The van der Waals surface area contributed by atoms with Gasteiger partial charge in [-0.3, -0.25) is 4.79 Å². The average Bonchev–Trinajstić information content (AvgIpc) is 2.67. The molecule has 128 valence electrons. The lowest BCUT2D eigenvalue weighted by Crippen LogP contribution is -2.29. The van der Waals surface area contributed by atoms with Crippen LogP contribution < -0.4 is 10.3 Å². The molecule has 0 amide bonds. The van der Waals surface area contributed by atoms with E-state index in [1.54, 1.807) is 7.11 Å². The Bertz CT molecular complexity index is 947. The molecule has 0 radical (unpaired) electrons. The van der Waals surface area contributed by atoms with Crippen molar-refractivity contribution >= 4 is 10.9 Å². The fourth-order valence-electron chi connectivity index (χ4n) is 3.57. The summed E-state index contributed by atoms with van der Waals surface area (Å²) in [7, 11) is 1.66. The van der Waals surface area contributed by atoms with Gasteiger partial charge < -0.3 is 14.5 Å². The van der Waals surface area contributed by atoms with E-state index in [1.165, 1.54) is 0 Å². The lowest BCUT2D eigenvalue weighted by Gasteiger charge is -2.25. The highest BCUT2D eigenvalue weighted by atomic mass is 16.5. The molecule has 1 aromatic heterocycles. The summed E-state index contributed by atoms with van der Waals surface area (Å²) in [6.07, 6.45) is 2.51. The van der Waals surface area contributed by atoms with E-state index in [4.69, 9.17) is 9.47 Å². The van der Waals surface area contributed by atoms with Crippen LogP contribution in [-0.2, 0) is 24.2 Å². The maximum Gasteiger partial charge on any atom is 0.251 e. The summed E-state index contributed by atoms with van der Waals surface area (Å²) < 4.78 is 11.4. The second kappa shape index (κ2) is 6.73. The van der Waals surface area contributed by atoms with Crippen LogP contribution >= 0.6 is 0 Å². The van der Waals surface area contributed by atoms with Crippen LogP contribution in [0.15, 0.2) is 53.3 Å². The molecule has 0 aliphatic heterocycles. The van der Waals surface area contributed by atoms with Crippen LogP contribution in [-0.4, -0.2) is 18.2 Å². The minimum atomic E-state index is 0.000628. The molecule has 0 bridgehead atoms. The molecule has 1 aliphatic rings. The molecule has 1 N–H and O–H groups in total. The highest BCUT2D eigenvalue weighted by Gasteiger charge is 2.24. The molecular weight excluding hydrogens is 314 g/mol. The molecule has 0 spiro atoms. The zero-order valence-electron chi connectivity index (χ0n) is 14.2. The van der Waals surface area contributed by atoms with Crippen molar-refractivity contribution in [3.8, 4) is 5.75 Å². The molecule has 1 unspecified atom stereocenters. The van der Waals surface area contributed by atoms with Gasteiger partial charge in [0.2, 0.25) is 0 Å². The Hall–Kier alpha value is -2.59. The first-order valence-corrected chi connectivity index (χ1v) is 8.62. The predicted molar refractivity (Wildman–Crippen MR) is 98.2 cm³/mol. The van der Waals surface area contributed by atoms with Crippen molar-refractivity contribution in [3.05, 3.63) is 75.6 Å². The average molecular weight is 335 g/mol. The van der Waals surface area contributed by atoms with Gasteiger partial charge in [0.25, 0.3) is 5.56 Å². The molecule has 4 heteroatoms. The standard InChI is InChI=1S/C21H21NO3/c1-24-15-8-10-20-18(11-15)17-9-7-16(12-19(17)21(23)22-20)25-13-14-5-3-2-4-6-14/h2-6,8,10-11,16H,7,9,12-13H2,1H3,(H,22,23). The van der Waals surface area contributed by atoms with E-state index in [2.05, 4.69) is 17.1 Å². The Labute approximate surface area is 146 Å². The summed E-state index contributed by atoms with van der Waals surface area (Å²) in [5, 5.41) is 1.08. The molecule has 0 saturated heterocycles. The van der Waals surface area contributed by atoms with E-state index in [-0.39, 0.29) is 11.7 Å². The van der Waals surface area contributed by atoms with Gasteiger partial charge in [0.1, 0.15) is 5.75 Å². The van der Waals surface area contributed by atoms with Crippen molar-refractivity contribution < 1.29 is 9.47 Å². The predicted octanol–water partition coefficient (Wildman–Crippen LogP) is 3.61. The minimum Gasteiger partial charge on any atom is -0.497 e. The molecule has 3 aromatic rings. The number of hydrogen-bond donors (Lipinski definition) is 1. The lowest BCUT2D eigenvalue weighted by molar-refractivity contribution is 0.0318. The number of methoxy groups -OCH3 is 1. The third kappa shape index (κ3) is 3.17. The lowest BCUT2D eigenvalue weighted by atomic mass is 9.88. The largest absolute Gasteiger partial charge is 0.497 e. The van der Waals surface area contributed by atoms with Crippen molar-refractivity contribution in [2.75, 3.05) is 7.11 Å². The first-order chi connectivity index (χ1) is 12.2. The number of nitrogens with one attached hydrogen (secondary N) is 1. The fourth-order valence-corrected chi connectivity index (χ4v) is 3.57. The number of aromatic amines is 1.